The molecular weight excluding hydrogens is 314 g/mol. The topological polar surface area (TPSA) is 111 Å². The molecule has 24 heavy (non-hydrogen) atoms. The van der Waals surface area contributed by atoms with Gasteiger partial charge in [-0.15, -0.1) is 0 Å². The third-order valence-corrected chi connectivity index (χ3v) is 3.80. The van der Waals surface area contributed by atoms with Crippen molar-refractivity contribution in [2.24, 2.45) is 5.92 Å². The number of piperidine rings is 1. The molecule has 3 rings (SSSR count). The standard InChI is InChI=1S/C15H17N5O4/c1-2-23-15(22)10-3-7-20(8-4-10)14(21)13-18-12(19-24-13)11-9-16-5-6-17-11/h5-6,9-10H,2-4,7-8H2,1H3. The van der Waals surface area contributed by atoms with Crippen LogP contribution in [-0.2, 0) is 9.53 Å². The lowest BCUT2D eigenvalue weighted by molar-refractivity contribution is -0.149. The number of nitrogens with zero attached hydrogens (tertiary/aromatic N) is 5. The van der Waals surface area contributed by atoms with E-state index in [0.717, 1.165) is 0 Å². The number of carbonyl (C=O) groups excluding carboxylic acids is 2. The molecule has 1 saturated heterocycles. The number of likely N-dealkylation sites (tertiary alicyclic amines) is 1. The van der Waals surface area contributed by atoms with Crippen molar-refractivity contribution in [1.29, 1.82) is 0 Å². The highest BCUT2D eigenvalue weighted by Crippen LogP contribution is 2.20. The average Bonchev–Trinajstić information content (AvgIpc) is 3.12. The van der Waals surface area contributed by atoms with Crippen LogP contribution < -0.4 is 0 Å². The molecule has 0 unspecified atom stereocenters. The number of rotatable bonds is 4. The van der Waals surface area contributed by atoms with E-state index in [1.54, 1.807) is 11.8 Å². The first-order valence-electron chi connectivity index (χ1n) is 7.75. The highest BCUT2D eigenvalue weighted by Gasteiger charge is 2.31. The Morgan fingerprint density at radius 1 is 1.33 bits per heavy atom. The average molecular weight is 331 g/mol. The summed E-state index contributed by atoms with van der Waals surface area (Å²) >= 11 is 0. The van der Waals surface area contributed by atoms with Crippen molar-refractivity contribution in [3.8, 4) is 11.5 Å². The van der Waals surface area contributed by atoms with Gasteiger partial charge < -0.3 is 14.2 Å². The first kappa shape index (κ1) is 16.0. The van der Waals surface area contributed by atoms with Gasteiger partial charge in [0.15, 0.2) is 0 Å². The van der Waals surface area contributed by atoms with Crippen LogP contribution in [0, 0.1) is 5.92 Å². The number of aromatic nitrogens is 4. The van der Waals surface area contributed by atoms with Gasteiger partial charge in [0, 0.05) is 25.5 Å². The van der Waals surface area contributed by atoms with Crippen LogP contribution in [0.3, 0.4) is 0 Å². The minimum atomic E-state index is -0.347. The molecule has 0 bridgehead atoms. The molecule has 9 nitrogen and oxygen atoms in total. The fourth-order valence-electron chi connectivity index (χ4n) is 2.54. The van der Waals surface area contributed by atoms with Crippen molar-refractivity contribution < 1.29 is 18.8 Å². The van der Waals surface area contributed by atoms with Crippen molar-refractivity contribution in [2.75, 3.05) is 19.7 Å². The van der Waals surface area contributed by atoms with Crippen molar-refractivity contribution in [2.45, 2.75) is 19.8 Å². The Labute approximate surface area is 138 Å². The van der Waals surface area contributed by atoms with Crippen LogP contribution in [0.4, 0.5) is 0 Å². The van der Waals surface area contributed by atoms with Crippen molar-refractivity contribution >= 4 is 11.9 Å². The molecule has 0 saturated carbocycles. The first-order chi connectivity index (χ1) is 11.7. The molecule has 1 amide bonds. The molecule has 0 spiro atoms. The number of hydrogen-bond acceptors (Lipinski definition) is 8. The van der Waals surface area contributed by atoms with Gasteiger partial charge in [-0.1, -0.05) is 5.16 Å². The number of carbonyl (C=O) groups is 2. The SMILES string of the molecule is CCOC(=O)C1CCN(C(=O)c2nc(-c3cnccn3)no2)CC1. The zero-order valence-corrected chi connectivity index (χ0v) is 13.2. The summed E-state index contributed by atoms with van der Waals surface area (Å²) < 4.78 is 10.1. The summed E-state index contributed by atoms with van der Waals surface area (Å²) in [7, 11) is 0. The smallest absolute Gasteiger partial charge is 0.316 e. The van der Waals surface area contributed by atoms with Crippen LogP contribution in [0.15, 0.2) is 23.1 Å². The maximum Gasteiger partial charge on any atom is 0.316 e. The van der Waals surface area contributed by atoms with E-state index in [0.29, 0.717) is 38.2 Å². The predicted molar refractivity (Wildman–Crippen MR) is 80.6 cm³/mol. The molecule has 1 aliphatic heterocycles. The Kier molecular flexibility index (Phi) is 4.78. The lowest BCUT2D eigenvalue weighted by Gasteiger charge is -2.29. The molecule has 0 aliphatic carbocycles. The van der Waals surface area contributed by atoms with Crippen molar-refractivity contribution in [3.63, 3.8) is 0 Å². The number of ether oxygens (including phenoxy) is 1. The molecule has 0 N–H and O–H groups in total. The zero-order valence-electron chi connectivity index (χ0n) is 13.2. The largest absolute Gasteiger partial charge is 0.466 e. The van der Waals surface area contributed by atoms with Gasteiger partial charge in [-0.25, -0.2) is 4.98 Å². The van der Waals surface area contributed by atoms with E-state index in [1.165, 1.54) is 18.6 Å². The lowest BCUT2D eigenvalue weighted by atomic mass is 9.97. The van der Waals surface area contributed by atoms with Crippen LogP contribution in [0.1, 0.15) is 30.5 Å². The van der Waals surface area contributed by atoms with Crippen LogP contribution in [0.25, 0.3) is 11.5 Å². The maximum absolute atomic E-state index is 12.4. The zero-order chi connectivity index (χ0) is 16.9. The van der Waals surface area contributed by atoms with Crippen molar-refractivity contribution in [3.05, 3.63) is 24.5 Å². The molecular formula is C15H17N5O4. The Morgan fingerprint density at radius 2 is 2.12 bits per heavy atom. The van der Waals surface area contributed by atoms with Crippen LogP contribution >= 0.6 is 0 Å². The molecule has 1 fully saturated rings. The van der Waals surface area contributed by atoms with Gasteiger partial charge in [-0.3, -0.25) is 14.6 Å². The fourth-order valence-corrected chi connectivity index (χ4v) is 2.54. The Hall–Kier alpha value is -2.84. The van der Waals surface area contributed by atoms with E-state index < -0.39 is 0 Å². The van der Waals surface area contributed by atoms with E-state index in [-0.39, 0.29) is 29.5 Å². The van der Waals surface area contributed by atoms with E-state index in [4.69, 9.17) is 9.26 Å². The Bertz CT molecular complexity index is 710. The summed E-state index contributed by atoms with van der Waals surface area (Å²) in [6.45, 7) is 3.04. The lowest BCUT2D eigenvalue weighted by Crippen LogP contribution is -2.40. The maximum atomic E-state index is 12.4. The highest BCUT2D eigenvalue weighted by molar-refractivity contribution is 5.90. The molecule has 2 aromatic heterocycles. The second kappa shape index (κ2) is 7.16. The minimum Gasteiger partial charge on any atom is -0.466 e. The summed E-state index contributed by atoms with van der Waals surface area (Å²) in [6, 6.07) is 0. The fraction of sp³-hybridized carbons (Fsp3) is 0.467. The third kappa shape index (κ3) is 3.39. The minimum absolute atomic E-state index is 0.0924. The number of esters is 1. The Balaban J connectivity index is 1.62. The van der Waals surface area contributed by atoms with Gasteiger partial charge >= 0.3 is 17.8 Å². The van der Waals surface area contributed by atoms with Gasteiger partial charge in [0.2, 0.25) is 5.82 Å². The first-order valence-corrected chi connectivity index (χ1v) is 7.75. The van der Waals surface area contributed by atoms with Crippen LogP contribution in [-0.4, -0.2) is 56.6 Å². The van der Waals surface area contributed by atoms with Gasteiger partial charge in [-0.05, 0) is 19.8 Å². The van der Waals surface area contributed by atoms with E-state index in [1.807, 2.05) is 0 Å². The quantitative estimate of drug-likeness (QED) is 0.761. The second-order valence-corrected chi connectivity index (χ2v) is 5.33. The van der Waals surface area contributed by atoms with Gasteiger partial charge in [-0.2, -0.15) is 4.98 Å². The molecule has 1 aliphatic rings. The Morgan fingerprint density at radius 3 is 2.79 bits per heavy atom. The number of hydrogen-bond donors (Lipinski definition) is 0. The molecule has 0 atom stereocenters. The van der Waals surface area contributed by atoms with Gasteiger partial charge in [0.25, 0.3) is 0 Å². The van der Waals surface area contributed by atoms with E-state index in [9.17, 15) is 9.59 Å². The summed E-state index contributed by atoms with van der Waals surface area (Å²) in [5.74, 6) is -0.586. The number of amides is 1. The summed E-state index contributed by atoms with van der Waals surface area (Å²) in [4.78, 5) is 37.8. The molecule has 0 aromatic carbocycles. The molecule has 0 radical (unpaired) electrons. The van der Waals surface area contributed by atoms with Crippen LogP contribution in [0.2, 0.25) is 0 Å². The van der Waals surface area contributed by atoms with Gasteiger partial charge in [0.1, 0.15) is 5.69 Å². The van der Waals surface area contributed by atoms with Gasteiger partial charge in [0.05, 0.1) is 18.7 Å². The molecule has 2 aromatic rings. The predicted octanol–water partition coefficient (Wildman–Crippen LogP) is 0.942. The normalized spacial score (nSPS) is 15.3. The van der Waals surface area contributed by atoms with Crippen LogP contribution in [0.5, 0.6) is 0 Å². The third-order valence-electron chi connectivity index (χ3n) is 3.80. The van der Waals surface area contributed by atoms with Crippen molar-refractivity contribution in [1.82, 2.24) is 25.0 Å². The molecule has 126 valence electrons. The summed E-state index contributed by atoms with van der Waals surface area (Å²) in [5.41, 5.74) is 0.432. The monoisotopic (exact) mass is 331 g/mol. The molecule has 3 heterocycles. The molecule has 9 heteroatoms. The van der Waals surface area contributed by atoms with E-state index >= 15 is 0 Å². The summed E-state index contributed by atoms with van der Waals surface area (Å²) in [6.07, 6.45) is 5.66. The van der Waals surface area contributed by atoms with E-state index in [2.05, 4.69) is 20.1 Å². The highest BCUT2D eigenvalue weighted by atomic mass is 16.5. The summed E-state index contributed by atoms with van der Waals surface area (Å²) in [5, 5.41) is 3.76. The second-order valence-electron chi connectivity index (χ2n) is 5.33.